The lowest BCUT2D eigenvalue weighted by molar-refractivity contribution is -0.144. The highest BCUT2D eigenvalue weighted by Crippen LogP contribution is 2.46. The average Bonchev–Trinajstić information content (AvgIpc) is 3.27. The summed E-state index contributed by atoms with van der Waals surface area (Å²) in [6, 6.07) is 0.0775. The molecule has 2 aliphatic rings. The molecule has 32 heavy (non-hydrogen) atoms. The van der Waals surface area contributed by atoms with E-state index < -0.39 is 5.60 Å². The van der Waals surface area contributed by atoms with Gasteiger partial charge in [-0.05, 0) is 71.8 Å². The summed E-state index contributed by atoms with van der Waals surface area (Å²) in [4.78, 5) is 35.4. The fraction of sp³-hybridized carbons (Fsp3) is 0.652. The molecule has 0 aromatic carbocycles. The van der Waals surface area contributed by atoms with Crippen LogP contribution in [0.3, 0.4) is 0 Å². The number of aryl methyl sites for hydroxylation is 1. The quantitative estimate of drug-likeness (QED) is 0.655. The van der Waals surface area contributed by atoms with Crippen LogP contribution in [0.2, 0.25) is 0 Å². The Labute approximate surface area is 192 Å². The predicted octanol–water partition coefficient (Wildman–Crippen LogP) is 4.50. The Bertz CT molecular complexity index is 991. The van der Waals surface area contributed by atoms with Crippen LogP contribution in [0, 0.1) is 0 Å². The lowest BCUT2D eigenvalue weighted by Gasteiger charge is -2.30. The van der Waals surface area contributed by atoms with Crippen LogP contribution in [0.4, 0.5) is 4.79 Å². The van der Waals surface area contributed by atoms with Crippen LogP contribution in [0.5, 0.6) is 5.88 Å². The highest BCUT2D eigenvalue weighted by Gasteiger charge is 2.36. The number of nitrogens with one attached hydrogen (secondary N) is 1. The third-order valence-corrected chi connectivity index (χ3v) is 6.99. The van der Waals surface area contributed by atoms with Crippen LogP contribution >= 0.6 is 11.3 Å². The lowest BCUT2D eigenvalue weighted by atomic mass is 9.93. The maximum absolute atomic E-state index is 12.5. The number of fused-ring (bicyclic) bond motifs is 3. The molecule has 9 heteroatoms. The fourth-order valence-corrected chi connectivity index (χ4v) is 5.68. The zero-order valence-electron chi connectivity index (χ0n) is 19.1. The van der Waals surface area contributed by atoms with E-state index in [9.17, 15) is 9.59 Å². The second kappa shape index (κ2) is 9.21. The van der Waals surface area contributed by atoms with Gasteiger partial charge < -0.3 is 19.5 Å². The Morgan fingerprint density at radius 3 is 2.59 bits per heavy atom. The molecule has 4 rings (SSSR count). The summed E-state index contributed by atoms with van der Waals surface area (Å²) in [5, 5.41) is 3.82. The van der Waals surface area contributed by atoms with Gasteiger partial charge in [0.1, 0.15) is 22.9 Å². The number of ether oxygens (including phenoxy) is 3. The van der Waals surface area contributed by atoms with Crippen LogP contribution in [0.25, 0.3) is 10.2 Å². The monoisotopic (exact) mass is 461 g/mol. The number of amides is 1. The number of esters is 1. The summed E-state index contributed by atoms with van der Waals surface area (Å²) < 4.78 is 17.0. The van der Waals surface area contributed by atoms with E-state index in [-0.39, 0.29) is 30.1 Å². The van der Waals surface area contributed by atoms with E-state index >= 15 is 0 Å². The van der Waals surface area contributed by atoms with E-state index in [2.05, 4.69) is 15.3 Å². The van der Waals surface area contributed by atoms with Crippen LogP contribution in [0.15, 0.2) is 6.33 Å². The summed E-state index contributed by atoms with van der Waals surface area (Å²) in [5.74, 6) is 0.0857. The minimum Gasteiger partial charge on any atom is -0.474 e. The molecule has 1 saturated carbocycles. The highest BCUT2D eigenvalue weighted by molar-refractivity contribution is 7.19. The molecule has 0 saturated heterocycles. The van der Waals surface area contributed by atoms with Gasteiger partial charge in [-0.3, -0.25) is 4.79 Å². The van der Waals surface area contributed by atoms with Crippen molar-refractivity contribution in [2.75, 3.05) is 6.61 Å². The van der Waals surface area contributed by atoms with Crippen molar-refractivity contribution < 1.29 is 23.8 Å². The second-order valence-electron chi connectivity index (χ2n) is 9.38. The number of hydrogen-bond acceptors (Lipinski definition) is 8. The third kappa shape index (κ3) is 4.98. The van der Waals surface area contributed by atoms with E-state index in [1.165, 1.54) is 11.2 Å². The van der Waals surface area contributed by atoms with Gasteiger partial charge in [-0.25, -0.2) is 14.8 Å². The molecule has 0 aliphatic heterocycles. The summed E-state index contributed by atoms with van der Waals surface area (Å²) in [5.41, 5.74) is 0.477. The standard InChI is InChI=1S/C23H31N3O5S/c1-5-29-21(27)15-10-11-16-17(15)18-19(24-12-25-20(18)32-16)30-14-8-6-13(7-9-14)26-22(28)31-23(2,3)4/h12-15H,5-11H2,1-4H3,(H,26,28)/t13-,14-,15?. The summed E-state index contributed by atoms with van der Waals surface area (Å²) in [6.45, 7) is 7.76. The SMILES string of the molecule is CCOC(=O)C1CCc2sc3ncnc(O[C@H]4CC[C@H](NC(=O)OC(C)(C)C)CC4)c3c21. The van der Waals surface area contributed by atoms with Gasteiger partial charge in [0.25, 0.3) is 0 Å². The molecular formula is C23H31N3O5S. The van der Waals surface area contributed by atoms with Crippen molar-refractivity contribution in [3.05, 3.63) is 16.8 Å². The van der Waals surface area contributed by atoms with Crippen LogP contribution in [-0.2, 0) is 20.7 Å². The van der Waals surface area contributed by atoms with Gasteiger partial charge in [0, 0.05) is 10.9 Å². The number of alkyl carbamates (subject to hydrolysis) is 1. The summed E-state index contributed by atoms with van der Waals surface area (Å²) in [7, 11) is 0. The van der Waals surface area contributed by atoms with Crippen LogP contribution in [-0.4, -0.2) is 46.4 Å². The fourth-order valence-electron chi connectivity index (χ4n) is 4.47. The number of carbonyl (C=O) groups excluding carboxylic acids is 2. The molecule has 0 radical (unpaired) electrons. The van der Waals surface area contributed by atoms with Gasteiger partial charge >= 0.3 is 12.1 Å². The van der Waals surface area contributed by atoms with Crippen molar-refractivity contribution in [1.82, 2.24) is 15.3 Å². The molecular weight excluding hydrogens is 430 g/mol. The zero-order chi connectivity index (χ0) is 22.9. The normalized spacial score (nSPS) is 22.9. The van der Waals surface area contributed by atoms with E-state index in [0.29, 0.717) is 12.5 Å². The number of hydrogen-bond donors (Lipinski definition) is 1. The number of rotatable bonds is 5. The molecule has 0 spiro atoms. The first kappa shape index (κ1) is 22.8. The van der Waals surface area contributed by atoms with Crippen molar-refractivity contribution in [3.63, 3.8) is 0 Å². The molecule has 8 nitrogen and oxygen atoms in total. The maximum Gasteiger partial charge on any atom is 0.407 e. The smallest absolute Gasteiger partial charge is 0.407 e. The van der Waals surface area contributed by atoms with Crippen molar-refractivity contribution in [3.8, 4) is 5.88 Å². The van der Waals surface area contributed by atoms with Crippen molar-refractivity contribution in [2.45, 2.75) is 89.9 Å². The zero-order valence-corrected chi connectivity index (χ0v) is 19.9. The molecule has 1 fully saturated rings. The minimum absolute atomic E-state index is 0.00258. The van der Waals surface area contributed by atoms with E-state index in [4.69, 9.17) is 14.2 Å². The molecule has 2 heterocycles. The Morgan fingerprint density at radius 2 is 1.91 bits per heavy atom. The number of carbonyl (C=O) groups is 2. The highest BCUT2D eigenvalue weighted by atomic mass is 32.1. The lowest BCUT2D eigenvalue weighted by Crippen LogP contribution is -2.42. The van der Waals surface area contributed by atoms with Crippen LogP contribution in [0.1, 0.15) is 76.2 Å². The molecule has 1 amide bonds. The Kier molecular flexibility index (Phi) is 6.55. The first-order valence-electron chi connectivity index (χ1n) is 11.3. The van der Waals surface area contributed by atoms with Crippen molar-refractivity contribution in [2.24, 2.45) is 0 Å². The van der Waals surface area contributed by atoms with E-state index in [0.717, 1.165) is 54.3 Å². The first-order chi connectivity index (χ1) is 15.2. The van der Waals surface area contributed by atoms with E-state index in [1.807, 2.05) is 27.7 Å². The summed E-state index contributed by atoms with van der Waals surface area (Å²) in [6.07, 6.45) is 5.99. The molecule has 0 bridgehead atoms. The molecule has 1 N–H and O–H groups in total. The Balaban J connectivity index is 1.44. The number of aromatic nitrogens is 2. The van der Waals surface area contributed by atoms with Crippen molar-refractivity contribution in [1.29, 1.82) is 0 Å². The topological polar surface area (TPSA) is 99.6 Å². The molecule has 2 aliphatic carbocycles. The van der Waals surface area contributed by atoms with Gasteiger partial charge in [-0.2, -0.15) is 0 Å². The molecule has 1 atom stereocenters. The Morgan fingerprint density at radius 1 is 1.16 bits per heavy atom. The van der Waals surface area contributed by atoms with Gasteiger partial charge in [0.05, 0.1) is 17.9 Å². The minimum atomic E-state index is -0.509. The van der Waals surface area contributed by atoms with Gasteiger partial charge in [-0.1, -0.05) is 0 Å². The first-order valence-corrected chi connectivity index (χ1v) is 12.2. The average molecular weight is 462 g/mol. The van der Waals surface area contributed by atoms with Gasteiger partial charge in [-0.15, -0.1) is 11.3 Å². The largest absolute Gasteiger partial charge is 0.474 e. The third-order valence-electron chi connectivity index (χ3n) is 5.82. The maximum atomic E-state index is 12.5. The number of nitrogens with zero attached hydrogens (tertiary/aromatic N) is 2. The molecule has 1 unspecified atom stereocenters. The number of thiophene rings is 1. The molecule has 2 aromatic heterocycles. The second-order valence-corrected chi connectivity index (χ2v) is 10.5. The molecule has 2 aromatic rings. The Hall–Kier alpha value is -2.42. The summed E-state index contributed by atoms with van der Waals surface area (Å²) >= 11 is 1.61. The van der Waals surface area contributed by atoms with Gasteiger partial charge in [0.15, 0.2) is 0 Å². The van der Waals surface area contributed by atoms with Crippen molar-refractivity contribution >= 4 is 33.6 Å². The van der Waals surface area contributed by atoms with E-state index in [1.54, 1.807) is 11.3 Å². The predicted molar refractivity (Wildman–Crippen MR) is 121 cm³/mol. The van der Waals surface area contributed by atoms with Crippen LogP contribution < -0.4 is 10.1 Å². The van der Waals surface area contributed by atoms with Gasteiger partial charge in [0.2, 0.25) is 5.88 Å². The molecule has 174 valence electrons.